The summed E-state index contributed by atoms with van der Waals surface area (Å²) in [7, 11) is -3.81. The van der Waals surface area contributed by atoms with Crippen molar-refractivity contribution in [3.05, 3.63) is 52.8 Å². The maximum atomic E-state index is 13.0. The molecular formula is C13H12ClFN2O2S. The van der Waals surface area contributed by atoms with Crippen LogP contribution in [-0.4, -0.2) is 8.42 Å². The van der Waals surface area contributed by atoms with E-state index in [0.717, 1.165) is 12.1 Å². The molecule has 0 heterocycles. The number of hydrogen-bond donors (Lipinski definition) is 2. The molecule has 0 saturated heterocycles. The highest BCUT2D eigenvalue weighted by Gasteiger charge is 2.17. The lowest BCUT2D eigenvalue weighted by molar-refractivity contribution is 0.598. The van der Waals surface area contributed by atoms with Gasteiger partial charge in [-0.15, -0.1) is 0 Å². The number of halogens is 2. The molecule has 0 unspecified atom stereocenters. The van der Waals surface area contributed by atoms with Crippen LogP contribution in [-0.2, 0) is 10.0 Å². The van der Waals surface area contributed by atoms with Crippen molar-refractivity contribution < 1.29 is 12.8 Å². The number of benzene rings is 2. The monoisotopic (exact) mass is 314 g/mol. The van der Waals surface area contributed by atoms with E-state index in [1.807, 2.05) is 0 Å². The molecule has 2 rings (SSSR count). The summed E-state index contributed by atoms with van der Waals surface area (Å²) < 4.78 is 39.8. The van der Waals surface area contributed by atoms with Crippen molar-refractivity contribution in [2.24, 2.45) is 0 Å². The minimum absolute atomic E-state index is 0.00687. The van der Waals surface area contributed by atoms with Crippen LogP contribution in [0, 0.1) is 12.7 Å². The van der Waals surface area contributed by atoms with E-state index in [1.165, 1.54) is 31.2 Å². The topological polar surface area (TPSA) is 72.2 Å². The third-order valence-corrected chi connectivity index (χ3v) is 4.56. The van der Waals surface area contributed by atoms with Crippen molar-refractivity contribution in [3.63, 3.8) is 0 Å². The first-order valence-electron chi connectivity index (χ1n) is 5.63. The molecule has 0 aliphatic carbocycles. The van der Waals surface area contributed by atoms with E-state index in [-0.39, 0.29) is 16.3 Å². The summed E-state index contributed by atoms with van der Waals surface area (Å²) in [6.07, 6.45) is 0. The first-order chi connectivity index (χ1) is 9.29. The van der Waals surface area contributed by atoms with Gasteiger partial charge in [-0.05, 0) is 48.9 Å². The van der Waals surface area contributed by atoms with Crippen LogP contribution in [0.1, 0.15) is 5.56 Å². The van der Waals surface area contributed by atoms with Crippen LogP contribution in [0.15, 0.2) is 41.3 Å². The quantitative estimate of drug-likeness (QED) is 0.855. The maximum absolute atomic E-state index is 13.0. The zero-order valence-corrected chi connectivity index (χ0v) is 12.1. The van der Waals surface area contributed by atoms with E-state index < -0.39 is 15.8 Å². The highest BCUT2D eigenvalue weighted by molar-refractivity contribution is 7.92. The van der Waals surface area contributed by atoms with E-state index in [1.54, 1.807) is 0 Å². The number of hydrogen-bond acceptors (Lipinski definition) is 3. The van der Waals surface area contributed by atoms with Gasteiger partial charge in [0.15, 0.2) is 0 Å². The van der Waals surface area contributed by atoms with Crippen molar-refractivity contribution in [1.29, 1.82) is 0 Å². The Morgan fingerprint density at radius 3 is 2.50 bits per heavy atom. The van der Waals surface area contributed by atoms with Crippen LogP contribution < -0.4 is 10.5 Å². The van der Waals surface area contributed by atoms with Crippen molar-refractivity contribution in [1.82, 2.24) is 0 Å². The van der Waals surface area contributed by atoms with Crippen LogP contribution in [0.25, 0.3) is 0 Å². The Bertz CT molecular complexity index is 763. The number of nitrogens with one attached hydrogen (secondary N) is 1. The van der Waals surface area contributed by atoms with Gasteiger partial charge >= 0.3 is 0 Å². The summed E-state index contributed by atoms with van der Waals surface area (Å²) in [5, 5.41) is 0.339. The van der Waals surface area contributed by atoms with Gasteiger partial charge in [0.1, 0.15) is 5.82 Å². The molecule has 2 aromatic carbocycles. The fourth-order valence-corrected chi connectivity index (χ4v) is 3.13. The number of anilines is 2. The second kappa shape index (κ2) is 5.30. The molecule has 7 heteroatoms. The lowest BCUT2D eigenvalue weighted by Crippen LogP contribution is -2.14. The summed E-state index contributed by atoms with van der Waals surface area (Å²) in [5.41, 5.74) is 6.48. The number of nitrogens with two attached hydrogens (primary N) is 1. The van der Waals surface area contributed by atoms with E-state index in [9.17, 15) is 12.8 Å². The van der Waals surface area contributed by atoms with Crippen LogP contribution in [0.4, 0.5) is 15.8 Å². The molecule has 3 N–H and O–H groups in total. The van der Waals surface area contributed by atoms with Crippen LogP contribution in [0.3, 0.4) is 0 Å². The molecule has 0 fully saturated rings. The molecule has 0 saturated carbocycles. The van der Waals surface area contributed by atoms with Gasteiger partial charge in [-0.3, -0.25) is 4.72 Å². The predicted octanol–water partition coefficient (Wildman–Crippen LogP) is 3.17. The number of aryl methyl sites for hydroxylation is 1. The average Bonchev–Trinajstić information content (AvgIpc) is 2.33. The molecule has 4 nitrogen and oxygen atoms in total. The van der Waals surface area contributed by atoms with Crippen molar-refractivity contribution in [2.45, 2.75) is 11.8 Å². The van der Waals surface area contributed by atoms with Gasteiger partial charge in [0.25, 0.3) is 10.0 Å². The Morgan fingerprint density at radius 2 is 1.90 bits per heavy atom. The molecule has 106 valence electrons. The highest BCUT2D eigenvalue weighted by Crippen LogP contribution is 2.25. The first kappa shape index (κ1) is 14.6. The Kier molecular flexibility index (Phi) is 3.87. The Morgan fingerprint density at radius 1 is 1.20 bits per heavy atom. The fourth-order valence-electron chi connectivity index (χ4n) is 1.73. The van der Waals surface area contributed by atoms with E-state index in [4.69, 9.17) is 17.3 Å². The van der Waals surface area contributed by atoms with E-state index in [0.29, 0.717) is 10.6 Å². The first-order valence-corrected chi connectivity index (χ1v) is 7.50. The lowest BCUT2D eigenvalue weighted by atomic mass is 10.2. The minimum Gasteiger partial charge on any atom is -0.397 e. The molecule has 0 radical (unpaired) electrons. The van der Waals surface area contributed by atoms with Crippen LogP contribution in [0.5, 0.6) is 0 Å². The molecule has 0 spiro atoms. The predicted molar refractivity (Wildman–Crippen MR) is 77.8 cm³/mol. The number of nitrogen functional groups attached to an aromatic ring is 1. The van der Waals surface area contributed by atoms with E-state index >= 15 is 0 Å². The number of sulfonamides is 1. The Hall–Kier alpha value is -1.79. The van der Waals surface area contributed by atoms with Gasteiger partial charge in [0, 0.05) is 0 Å². The van der Waals surface area contributed by atoms with Gasteiger partial charge in [-0.1, -0.05) is 11.6 Å². The number of rotatable bonds is 3. The van der Waals surface area contributed by atoms with Gasteiger partial charge in [0.2, 0.25) is 0 Å². The standard InChI is InChI=1S/C13H12ClFN2O2S/c1-8-6-9(15)2-5-13(8)20(18,19)17-10-3-4-11(14)12(16)7-10/h2-7,17H,16H2,1H3. The molecule has 0 aliphatic rings. The lowest BCUT2D eigenvalue weighted by Gasteiger charge is -2.11. The third-order valence-electron chi connectivity index (χ3n) is 2.67. The van der Waals surface area contributed by atoms with Gasteiger partial charge < -0.3 is 5.73 Å². The molecular weight excluding hydrogens is 303 g/mol. The normalized spacial score (nSPS) is 11.3. The van der Waals surface area contributed by atoms with Gasteiger partial charge in [-0.2, -0.15) is 0 Å². The fraction of sp³-hybridized carbons (Fsp3) is 0.0769. The third kappa shape index (κ3) is 3.02. The Balaban J connectivity index is 2.38. The second-order valence-electron chi connectivity index (χ2n) is 4.25. The molecule has 0 aliphatic heterocycles. The summed E-state index contributed by atoms with van der Waals surface area (Å²) in [6.45, 7) is 1.52. The second-order valence-corrected chi connectivity index (χ2v) is 6.31. The smallest absolute Gasteiger partial charge is 0.262 e. The van der Waals surface area contributed by atoms with Gasteiger partial charge in [-0.25, -0.2) is 12.8 Å². The molecule has 0 bridgehead atoms. The molecule has 20 heavy (non-hydrogen) atoms. The molecule has 2 aromatic rings. The SMILES string of the molecule is Cc1cc(F)ccc1S(=O)(=O)Nc1ccc(Cl)c(N)c1. The van der Waals surface area contributed by atoms with Crippen molar-refractivity contribution in [2.75, 3.05) is 10.5 Å². The summed E-state index contributed by atoms with van der Waals surface area (Å²) in [4.78, 5) is 0.00687. The Labute approximate surface area is 121 Å². The van der Waals surface area contributed by atoms with Crippen LogP contribution >= 0.6 is 11.6 Å². The molecule has 0 aromatic heterocycles. The highest BCUT2D eigenvalue weighted by atomic mass is 35.5. The largest absolute Gasteiger partial charge is 0.397 e. The summed E-state index contributed by atoms with van der Waals surface area (Å²) in [5.74, 6) is -0.489. The maximum Gasteiger partial charge on any atom is 0.262 e. The average molecular weight is 315 g/mol. The van der Waals surface area contributed by atoms with Crippen molar-refractivity contribution >= 4 is 33.0 Å². The van der Waals surface area contributed by atoms with Gasteiger partial charge in [0.05, 0.1) is 21.3 Å². The van der Waals surface area contributed by atoms with Crippen LogP contribution in [0.2, 0.25) is 5.02 Å². The van der Waals surface area contributed by atoms with Crippen molar-refractivity contribution in [3.8, 4) is 0 Å². The summed E-state index contributed by atoms with van der Waals surface area (Å²) >= 11 is 5.77. The zero-order valence-electron chi connectivity index (χ0n) is 10.5. The molecule has 0 atom stereocenters. The summed E-state index contributed by atoms with van der Waals surface area (Å²) in [6, 6.07) is 7.87. The minimum atomic E-state index is -3.81. The zero-order chi connectivity index (χ0) is 14.9. The molecule has 0 amide bonds. The van der Waals surface area contributed by atoms with E-state index in [2.05, 4.69) is 4.72 Å².